The highest BCUT2D eigenvalue weighted by Gasteiger charge is 2.28. The summed E-state index contributed by atoms with van der Waals surface area (Å²) in [7, 11) is -2.06. The molecule has 130 valence electrons. The van der Waals surface area contributed by atoms with Gasteiger partial charge in [0.1, 0.15) is 5.75 Å². The zero-order chi connectivity index (χ0) is 17.6. The number of hydrogen-bond acceptors (Lipinski definition) is 4. The van der Waals surface area contributed by atoms with Crippen LogP contribution in [-0.2, 0) is 22.9 Å². The minimum absolute atomic E-state index is 0.253. The zero-order valence-electron chi connectivity index (χ0n) is 14.0. The molecule has 4 rings (SSSR count). The highest BCUT2D eigenvalue weighted by molar-refractivity contribution is 7.90. The topological polar surface area (TPSA) is 74.3 Å². The Labute approximate surface area is 147 Å². The van der Waals surface area contributed by atoms with Crippen molar-refractivity contribution in [2.24, 2.45) is 0 Å². The highest BCUT2D eigenvalue weighted by atomic mass is 32.2. The Bertz CT molecular complexity index is 1050. The maximum absolute atomic E-state index is 13.3. The first-order valence-electron chi connectivity index (χ1n) is 8.33. The van der Waals surface area contributed by atoms with E-state index in [-0.39, 0.29) is 4.90 Å². The van der Waals surface area contributed by atoms with Crippen molar-refractivity contribution in [3.63, 3.8) is 0 Å². The number of aromatic nitrogens is 1. The van der Waals surface area contributed by atoms with Gasteiger partial charge in [0.25, 0.3) is 10.0 Å². The van der Waals surface area contributed by atoms with Gasteiger partial charge in [0.15, 0.2) is 0 Å². The second-order valence-electron chi connectivity index (χ2n) is 6.35. The van der Waals surface area contributed by atoms with Crippen molar-refractivity contribution in [2.45, 2.75) is 30.6 Å². The predicted octanol–water partition coefficient (Wildman–Crippen LogP) is 3.35. The Morgan fingerprint density at radius 2 is 1.76 bits per heavy atom. The molecule has 0 bridgehead atoms. The number of nitrogens with zero attached hydrogens (tertiary/aromatic N) is 1. The van der Waals surface area contributed by atoms with Crippen LogP contribution in [0.2, 0.25) is 0 Å². The van der Waals surface area contributed by atoms with Crippen molar-refractivity contribution in [2.75, 3.05) is 12.8 Å². The molecule has 1 aliphatic carbocycles. The van der Waals surface area contributed by atoms with E-state index < -0.39 is 10.0 Å². The van der Waals surface area contributed by atoms with E-state index in [1.807, 2.05) is 18.2 Å². The van der Waals surface area contributed by atoms with Crippen molar-refractivity contribution in [1.29, 1.82) is 0 Å². The quantitative estimate of drug-likeness (QED) is 0.730. The maximum Gasteiger partial charge on any atom is 0.268 e. The lowest BCUT2D eigenvalue weighted by atomic mass is 9.96. The fourth-order valence-corrected chi connectivity index (χ4v) is 5.23. The molecule has 6 heteroatoms. The van der Waals surface area contributed by atoms with Gasteiger partial charge in [-0.1, -0.05) is 0 Å². The Balaban J connectivity index is 2.02. The number of nitrogen functional groups attached to an aromatic ring is 1. The Morgan fingerprint density at radius 3 is 2.48 bits per heavy atom. The molecular formula is C19H20N2O3S. The van der Waals surface area contributed by atoms with Crippen molar-refractivity contribution in [1.82, 2.24) is 3.97 Å². The fourth-order valence-electron chi connectivity index (χ4n) is 3.63. The lowest BCUT2D eigenvalue weighted by Crippen LogP contribution is -2.17. The number of anilines is 1. The van der Waals surface area contributed by atoms with E-state index in [2.05, 4.69) is 0 Å². The molecule has 0 fully saturated rings. The van der Waals surface area contributed by atoms with Gasteiger partial charge in [-0.15, -0.1) is 0 Å². The summed E-state index contributed by atoms with van der Waals surface area (Å²) in [6, 6.07) is 11.9. The van der Waals surface area contributed by atoms with Gasteiger partial charge in [0.2, 0.25) is 0 Å². The lowest BCUT2D eigenvalue weighted by Gasteiger charge is -2.16. The van der Waals surface area contributed by atoms with Gasteiger partial charge < -0.3 is 10.5 Å². The van der Waals surface area contributed by atoms with E-state index >= 15 is 0 Å². The van der Waals surface area contributed by atoms with Crippen molar-refractivity contribution >= 4 is 26.6 Å². The largest absolute Gasteiger partial charge is 0.497 e. The first-order chi connectivity index (χ1) is 12.0. The SMILES string of the molecule is COc1ccc2c(c1)c1c(n2S(=O)(=O)c2ccc(N)cc2)CCCC1. The molecule has 5 nitrogen and oxygen atoms in total. The number of methoxy groups -OCH3 is 1. The van der Waals surface area contributed by atoms with Crippen LogP contribution in [-0.4, -0.2) is 19.5 Å². The lowest BCUT2D eigenvalue weighted by molar-refractivity contribution is 0.415. The molecule has 0 radical (unpaired) electrons. The maximum atomic E-state index is 13.3. The van der Waals surface area contributed by atoms with Crippen LogP contribution in [0.5, 0.6) is 5.75 Å². The molecule has 2 aromatic carbocycles. The number of aryl methyl sites for hydroxylation is 1. The summed E-state index contributed by atoms with van der Waals surface area (Å²) in [6.45, 7) is 0. The molecule has 25 heavy (non-hydrogen) atoms. The monoisotopic (exact) mass is 356 g/mol. The van der Waals surface area contributed by atoms with Gasteiger partial charge in [-0.25, -0.2) is 12.4 Å². The summed E-state index contributed by atoms with van der Waals surface area (Å²) < 4.78 is 33.5. The minimum atomic E-state index is -3.68. The zero-order valence-corrected chi connectivity index (χ0v) is 14.8. The normalized spacial score (nSPS) is 14.4. The summed E-state index contributed by atoms with van der Waals surface area (Å²) >= 11 is 0. The van der Waals surface area contributed by atoms with E-state index in [1.54, 1.807) is 31.4 Å². The molecule has 3 aromatic rings. The van der Waals surface area contributed by atoms with Crippen LogP contribution >= 0.6 is 0 Å². The molecule has 1 heterocycles. The average Bonchev–Trinajstić information content (AvgIpc) is 2.96. The third-order valence-electron chi connectivity index (χ3n) is 4.85. The van der Waals surface area contributed by atoms with E-state index in [4.69, 9.17) is 10.5 Å². The molecule has 1 aromatic heterocycles. The summed E-state index contributed by atoms with van der Waals surface area (Å²) in [4.78, 5) is 0.253. The Kier molecular flexibility index (Phi) is 3.72. The second kappa shape index (κ2) is 5.81. The molecule has 0 spiro atoms. The third-order valence-corrected chi connectivity index (χ3v) is 6.62. The average molecular weight is 356 g/mol. The number of benzene rings is 2. The molecule has 0 atom stereocenters. The van der Waals surface area contributed by atoms with Crippen LogP contribution < -0.4 is 10.5 Å². The van der Waals surface area contributed by atoms with Gasteiger partial charge in [0, 0.05) is 16.8 Å². The Morgan fingerprint density at radius 1 is 1.04 bits per heavy atom. The summed E-state index contributed by atoms with van der Waals surface area (Å²) in [5, 5.41) is 0.966. The minimum Gasteiger partial charge on any atom is -0.497 e. The summed E-state index contributed by atoms with van der Waals surface area (Å²) in [5.41, 5.74) is 8.98. The Hall–Kier alpha value is -2.47. The molecule has 0 saturated carbocycles. The first-order valence-corrected chi connectivity index (χ1v) is 9.77. The van der Waals surface area contributed by atoms with E-state index in [9.17, 15) is 8.42 Å². The summed E-state index contributed by atoms with van der Waals surface area (Å²) in [6.07, 6.45) is 3.73. The van der Waals surface area contributed by atoms with Crippen LogP contribution in [0.1, 0.15) is 24.1 Å². The van der Waals surface area contributed by atoms with Crippen LogP contribution in [0.15, 0.2) is 47.4 Å². The smallest absolute Gasteiger partial charge is 0.268 e. The van der Waals surface area contributed by atoms with Gasteiger partial charge in [0.05, 0.1) is 17.5 Å². The number of hydrogen-bond donors (Lipinski definition) is 1. The van der Waals surface area contributed by atoms with Gasteiger partial charge >= 0.3 is 0 Å². The third kappa shape index (κ3) is 2.48. The number of fused-ring (bicyclic) bond motifs is 3. The van der Waals surface area contributed by atoms with Crippen molar-refractivity contribution in [3.05, 3.63) is 53.7 Å². The van der Waals surface area contributed by atoms with E-state index in [1.165, 1.54) is 3.97 Å². The van der Waals surface area contributed by atoms with Crippen molar-refractivity contribution < 1.29 is 13.2 Å². The fraction of sp³-hybridized carbons (Fsp3) is 0.263. The second-order valence-corrected chi connectivity index (χ2v) is 8.14. The van der Waals surface area contributed by atoms with Crippen LogP contribution in [0.3, 0.4) is 0 Å². The van der Waals surface area contributed by atoms with Gasteiger partial charge in [-0.3, -0.25) is 0 Å². The molecule has 0 aliphatic heterocycles. The van der Waals surface area contributed by atoms with Crippen molar-refractivity contribution in [3.8, 4) is 5.75 Å². The van der Waals surface area contributed by atoms with Gasteiger partial charge in [-0.2, -0.15) is 0 Å². The van der Waals surface area contributed by atoms with Crippen LogP contribution in [0.4, 0.5) is 5.69 Å². The molecule has 0 unspecified atom stereocenters. The number of rotatable bonds is 3. The summed E-state index contributed by atoms with van der Waals surface area (Å²) in [5.74, 6) is 0.739. The molecular weight excluding hydrogens is 336 g/mol. The molecule has 2 N–H and O–H groups in total. The number of ether oxygens (including phenoxy) is 1. The van der Waals surface area contributed by atoms with Gasteiger partial charge in [-0.05, 0) is 73.7 Å². The highest BCUT2D eigenvalue weighted by Crippen LogP contribution is 2.36. The predicted molar refractivity (Wildman–Crippen MR) is 98.6 cm³/mol. The van der Waals surface area contributed by atoms with Crippen LogP contribution in [0, 0.1) is 0 Å². The van der Waals surface area contributed by atoms with E-state index in [0.717, 1.165) is 48.1 Å². The first kappa shape index (κ1) is 16.0. The standard InChI is InChI=1S/C19H20N2O3S/c1-24-14-8-11-19-17(12-14)16-4-2-3-5-18(16)21(19)25(22,23)15-9-6-13(20)7-10-15/h6-12H,2-5,20H2,1H3. The number of nitrogens with two attached hydrogens (primary N) is 1. The van der Waals surface area contributed by atoms with E-state index in [0.29, 0.717) is 11.2 Å². The molecule has 0 saturated heterocycles. The van der Waals surface area contributed by atoms with Crippen LogP contribution in [0.25, 0.3) is 10.9 Å². The molecule has 0 amide bonds. The molecule has 1 aliphatic rings.